The van der Waals surface area contributed by atoms with Crippen molar-refractivity contribution in [1.29, 1.82) is 0 Å². The van der Waals surface area contributed by atoms with E-state index in [4.69, 9.17) is 0 Å². The standard InChI is InChI=1S/C25H43NO3S/c1-6-7-8-9-20(27)10-11-21-22-15-18(14-19(22)16-23(21)28)12-13-30-17-24(29)26(5)25(2,3)4/h10-11,14,19-23,27-28H,6-9,12-13,15-17H2,1-5H3/b11-10+/t19-,20-,21+,22-,23+/m0/s1. The number of carbonyl (C=O) groups excluding carboxylic acids is 1. The van der Waals surface area contributed by atoms with Crippen LogP contribution in [-0.4, -0.2) is 57.3 Å². The van der Waals surface area contributed by atoms with Crippen molar-refractivity contribution < 1.29 is 15.0 Å². The molecule has 1 amide bonds. The molecule has 0 aromatic carbocycles. The quantitative estimate of drug-likeness (QED) is 0.360. The number of rotatable bonds is 11. The molecule has 2 aliphatic rings. The first-order chi connectivity index (χ1) is 14.1. The van der Waals surface area contributed by atoms with Gasteiger partial charge in [-0.25, -0.2) is 0 Å². The van der Waals surface area contributed by atoms with E-state index in [2.05, 4.69) is 39.8 Å². The molecule has 5 heteroatoms. The number of aliphatic hydroxyl groups is 2. The highest BCUT2D eigenvalue weighted by Gasteiger charge is 2.43. The van der Waals surface area contributed by atoms with Gasteiger partial charge in [0.05, 0.1) is 18.0 Å². The third-order valence-electron chi connectivity index (χ3n) is 6.78. The van der Waals surface area contributed by atoms with Crippen molar-refractivity contribution in [2.24, 2.45) is 17.8 Å². The maximum atomic E-state index is 12.3. The second-order valence-electron chi connectivity index (χ2n) is 10.1. The summed E-state index contributed by atoms with van der Waals surface area (Å²) in [5, 5.41) is 20.7. The molecule has 0 saturated heterocycles. The average molecular weight is 438 g/mol. The number of aliphatic hydroxyl groups excluding tert-OH is 2. The van der Waals surface area contributed by atoms with Gasteiger partial charge in [-0.1, -0.05) is 50.0 Å². The van der Waals surface area contributed by atoms with Crippen molar-refractivity contribution in [2.45, 2.75) is 90.4 Å². The maximum absolute atomic E-state index is 12.3. The van der Waals surface area contributed by atoms with Gasteiger partial charge in [0.2, 0.25) is 5.91 Å². The summed E-state index contributed by atoms with van der Waals surface area (Å²) in [5.41, 5.74) is 1.35. The van der Waals surface area contributed by atoms with Crippen LogP contribution in [0, 0.1) is 17.8 Å². The number of thioether (sulfide) groups is 1. The van der Waals surface area contributed by atoms with Gasteiger partial charge in [-0.15, -0.1) is 0 Å². The molecule has 1 saturated carbocycles. The van der Waals surface area contributed by atoms with E-state index in [1.54, 1.807) is 11.8 Å². The molecule has 4 nitrogen and oxygen atoms in total. The van der Waals surface area contributed by atoms with Crippen LogP contribution < -0.4 is 0 Å². The van der Waals surface area contributed by atoms with E-state index in [0.717, 1.165) is 50.7 Å². The average Bonchev–Trinajstić information content (AvgIpc) is 3.18. The highest BCUT2D eigenvalue weighted by molar-refractivity contribution is 7.99. The van der Waals surface area contributed by atoms with Crippen LogP contribution in [0.3, 0.4) is 0 Å². The third kappa shape index (κ3) is 7.42. The van der Waals surface area contributed by atoms with Crippen molar-refractivity contribution in [1.82, 2.24) is 4.90 Å². The SMILES string of the molecule is CCCCC[C@H](O)/C=C/[C@@H]1[C@H]2CC(CCSCC(=O)N(C)C(C)(C)C)=C[C@H]2C[C@H]1O. The van der Waals surface area contributed by atoms with Gasteiger partial charge in [0, 0.05) is 18.5 Å². The van der Waals surface area contributed by atoms with Crippen molar-refractivity contribution >= 4 is 17.7 Å². The first kappa shape index (κ1) is 25.5. The fraction of sp³-hybridized carbons (Fsp3) is 0.800. The van der Waals surface area contributed by atoms with E-state index in [-0.39, 0.29) is 23.5 Å². The molecule has 2 N–H and O–H groups in total. The first-order valence-electron chi connectivity index (χ1n) is 11.7. The highest BCUT2D eigenvalue weighted by Crippen LogP contribution is 2.48. The van der Waals surface area contributed by atoms with Crippen LogP contribution >= 0.6 is 11.8 Å². The zero-order chi connectivity index (χ0) is 22.3. The molecule has 0 heterocycles. The molecule has 1 fully saturated rings. The Morgan fingerprint density at radius 2 is 2.10 bits per heavy atom. The topological polar surface area (TPSA) is 60.8 Å². The number of fused-ring (bicyclic) bond motifs is 1. The normalized spacial score (nSPS) is 27.4. The first-order valence-corrected chi connectivity index (χ1v) is 12.9. The van der Waals surface area contributed by atoms with Crippen molar-refractivity contribution in [3.8, 4) is 0 Å². The van der Waals surface area contributed by atoms with Gasteiger partial charge in [-0.2, -0.15) is 11.8 Å². The van der Waals surface area contributed by atoms with Gasteiger partial charge in [-0.3, -0.25) is 4.79 Å². The Kier molecular flexibility index (Phi) is 9.96. The Labute approximate surface area is 188 Å². The van der Waals surface area contributed by atoms with E-state index in [1.807, 2.05) is 18.0 Å². The molecule has 172 valence electrons. The molecular weight excluding hydrogens is 394 g/mol. The fourth-order valence-corrected chi connectivity index (χ4v) is 5.50. The Hall–Kier alpha value is -0.780. The van der Waals surface area contributed by atoms with Crippen LogP contribution in [0.1, 0.15) is 72.6 Å². The summed E-state index contributed by atoms with van der Waals surface area (Å²) in [5.74, 6) is 2.77. The predicted octanol–water partition coefficient (Wildman–Crippen LogP) is 4.81. The summed E-state index contributed by atoms with van der Waals surface area (Å²) in [4.78, 5) is 14.1. The van der Waals surface area contributed by atoms with Crippen LogP contribution in [0.5, 0.6) is 0 Å². The zero-order valence-corrected chi connectivity index (χ0v) is 20.5. The number of unbranched alkanes of at least 4 members (excludes halogenated alkanes) is 2. The lowest BCUT2D eigenvalue weighted by Crippen LogP contribution is -2.43. The van der Waals surface area contributed by atoms with Gasteiger partial charge in [-0.05, 0) is 64.0 Å². The minimum Gasteiger partial charge on any atom is -0.392 e. The third-order valence-corrected chi connectivity index (χ3v) is 7.73. The van der Waals surface area contributed by atoms with Gasteiger partial charge in [0.15, 0.2) is 0 Å². The summed E-state index contributed by atoms with van der Waals surface area (Å²) in [6, 6.07) is 0. The van der Waals surface area contributed by atoms with E-state index < -0.39 is 6.10 Å². The molecule has 5 atom stereocenters. The summed E-state index contributed by atoms with van der Waals surface area (Å²) < 4.78 is 0. The van der Waals surface area contributed by atoms with Crippen LogP contribution in [0.25, 0.3) is 0 Å². The lowest BCUT2D eigenvalue weighted by molar-refractivity contribution is -0.131. The maximum Gasteiger partial charge on any atom is 0.232 e. The monoisotopic (exact) mass is 437 g/mol. The summed E-state index contributed by atoms with van der Waals surface area (Å²) in [7, 11) is 1.88. The van der Waals surface area contributed by atoms with Crippen LogP contribution in [0.2, 0.25) is 0 Å². The number of hydrogen-bond donors (Lipinski definition) is 2. The molecule has 2 rings (SSSR count). The number of amides is 1. The van der Waals surface area contributed by atoms with Crippen molar-refractivity contribution in [3.63, 3.8) is 0 Å². The van der Waals surface area contributed by atoms with Crippen LogP contribution in [0.15, 0.2) is 23.8 Å². The molecular formula is C25H43NO3S. The molecule has 0 unspecified atom stereocenters. The second kappa shape index (κ2) is 11.7. The molecule has 0 bridgehead atoms. The highest BCUT2D eigenvalue weighted by atomic mass is 32.2. The lowest BCUT2D eigenvalue weighted by Gasteiger charge is -2.32. The lowest BCUT2D eigenvalue weighted by atomic mass is 9.88. The number of allylic oxidation sites excluding steroid dienone is 2. The Bertz CT molecular complexity index is 610. The Morgan fingerprint density at radius 1 is 1.37 bits per heavy atom. The second-order valence-corrected chi connectivity index (χ2v) is 11.2. The zero-order valence-electron chi connectivity index (χ0n) is 19.6. The van der Waals surface area contributed by atoms with E-state index in [0.29, 0.717) is 17.6 Å². The molecule has 0 aromatic rings. The number of hydrogen-bond acceptors (Lipinski definition) is 4. The van der Waals surface area contributed by atoms with E-state index in [1.165, 1.54) is 5.57 Å². The van der Waals surface area contributed by atoms with E-state index in [9.17, 15) is 15.0 Å². The van der Waals surface area contributed by atoms with Crippen molar-refractivity contribution in [2.75, 3.05) is 18.6 Å². The largest absolute Gasteiger partial charge is 0.392 e. The van der Waals surface area contributed by atoms with Crippen LogP contribution in [-0.2, 0) is 4.79 Å². The van der Waals surface area contributed by atoms with Crippen LogP contribution in [0.4, 0.5) is 0 Å². The number of nitrogens with zero attached hydrogens (tertiary/aromatic N) is 1. The summed E-state index contributed by atoms with van der Waals surface area (Å²) in [6.45, 7) is 8.34. The smallest absolute Gasteiger partial charge is 0.232 e. The molecule has 0 aromatic heterocycles. The number of carbonyl (C=O) groups is 1. The Balaban J connectivity index is 1.75. The summed E-state index contributed by atoms with van der Waals surface area (Å²) >= 11 is 1.72. The van der Waals surface area contributed by atoms with Crippen molar-refractivity contribution in [3.05, 3.63) is 23.8 Å². The predicted molar refractivity (Wildman–Crippen MR) is 128 cm³/mol. The molecule has 30 heavy (non-hydrogen) atoms. The fourth-order valence-electron chi connectivity index (χ4n) is 4.58. The van der Waals surface area contributed by atoms with Gasteiger partial charge in [0.25, 0.3) is 0 Å². The minimum absolute atomic E-state index is 0.129. The summed E-state index contributed by atoms with van der Waals surface area (Å²) in [6.07, 6.45) is 12.8. The van der Waals surface area contributed by atoms with Gasteiger partial charge in [0.1, 0.15) is 0 Å². The van der Waals surface area contributed by atoms with E-state index >= 15 is 0 Å². The van der Waals surface area contributed by atoms with Gasteiger partial charge >= 0.3 is 0 Å². The molecule has 0 radical (unpaired) electrons. The van der Waals surface area contributed by atoms with Gasteiger partial charge < -0.3 is 15.1 Å². The Morgan fingerprint density at radius 3 is 2.77 bits per heavy atom. The molecule has 0 aliphatic heterocycles. The molecule has 0 spiro atoms. The minimum atomic E-state index is -0.392. The molecule has 2 aliphatic carbocycles.